The number of hydrogen-bond acceptors (Lipinski definition) is 4. The number of likely N-dealkylation sites (N-methyl/N-ethyl adjacent to an activating group) is 1. The lowest BCUT2D eigenvalue weighted by atomic mass is 10.2. The van der Waals surface area contributed by atoms with Crippen LogP contribution in [-0.2, 0) is 20.9 Å². The van der Waals surface area contributed by atoms with Crippen LogP contribution in [0.4, 0.5) is 5.69 Å². The quantitative estimate of drug-likeness (QED) is 0.723. The zero-order valence-electron chi connectivity index (χ0n) is 16.1. The summed E-state index contributed by atoms with van der Waals surface area (Å²) in [6.07, 6.45) is 0.514. The summed E-state index contributed by atoms with van der Waals surface area (Å²) in [7, 11) is 1.68. The third-order valence-corrected chi connectivity index (χ3v) is 4.76. The van der Waals surface area contributed by atoms with E-state index in [-0.39, 0.29) is 11.8 Å². The van der Waals surface area contributed by atoms with E-state index in [1.807, 2.05) is 30.3 Å². The topological polar surface area (TPSA) is 66.9 Å². The smallest absolute Gasteiger partial charge is 0.338 e. The molecular weight excluding hydrogens is 356 g/mol. The van der Waals surface area contributed by atoms with Crippen LogP contribution in [0.5, 0.6) is 0 Å². The zero-order valence-corrected chi connectivity index (χ0v) is 16.1. The van der Waals surface area contributed by atoms with Gasteiger partial charge in [0, 0.05) is 32.2 Å². The van der Waals surface area contributed by atoms with Gasteiger partial charge < -0.3 is 14.5 Å². The van der Waals surface area contributed by atoms with Gasteiger partial charge in [-0.25, -0.2) is 4.79 Å². The molecule has 0 bridgehead atoms. The monoisotopic (exact) mass is 380 g/mol. The molecule has 6 heteroatoms. The number of anilines is 1. The van der Waals surface area contributed by atoms with Crippen molar-refractivity contribution < 1.29 is 19.1 Å². The number of rotatable bonds is 6. The molecule has 0 aliphatic carbocycles. The summed E-state index contributed by atoms with van der Waals surface area (Å²) in [6, 6.07) is 16.3. The molecule has 146 valence electrons. The highest BCUT2D eigenvalue weighted by Gasteiger charge is 2.24. The largest absolute Gasteiger partial charge is 0.449 e. The van der Waals surface area contributed by atoms with E-state index in [9.17, 15) is 14.4 Å². The van der Waals surface area contributed by atoms with Crippen molar-refractivity contribution in [1.29, 1.82) is 0 Å². The Morgan fingerprint density at radius 1 is 1.11 bits per heavy atom. The first-order chi connectivity index (χ1) is 13.5. The molecule has 0 spiro atoms. The molecule has 3 rings (SSSR count). The molecule has 2 aromatic carbocycles. The molecule has 0 unspecified atom stereocenters. The number of nitrogens with zero attached hydrogens (tertiary/aromatic N) is 2. The van der Waals surface area contributed by atoms with Crippen molar-refractivity contribution >= 4 is 23.5 Å². The summed E-state index contributed by atoms with van der Waals surface area (Å²) in [4.78, 5) is 39.9. The Bertz CT molecular complexity index is 849. The summed E-state index contributed by atoms with van der Waals surface area (Å²) < 4.78 is 5.33. The molecule has 1 saturated heterocycles. The Kier molecular flexibility index (Phi) is 6.09. The highest BCUT2D eigenvalue weighted by atomic mass is 16.5. The molecule has 0 aromatic heterocycles. The van der Waals surface area contributed by atoms with Crippen molar-refractivity contribution in [1.82, 2.24) is 4.90 Å². The molecule has 1 atom stereocenters. The lowest BCUT2D eigenvalue weighted by Crippen LogP contribution is -2.37. The number of ether oxygens (including phenoxy) is 1. The molecule has 1 fully saturated rings. The molecule has 28 heavy (non-hydrogen) atoms. The van der Waals surface area contributed by atoms with Crippen LogP contribution in [0.3, 0.4) is 0 Å². The van der Waals surface area contributed by atoms with Crippen LogP contribution in [0, 0.1) is 0 Å². The second-order valence-electron chi connectivity index (χ2n) is 6.92. The van der Waals surface area contributed by atoms with E-state index in [0.717, 1.165) is 17.7 Å². The molecular formula is C22H24N2O4. The Hall–Kier alpha value is -3.15. The summed E-state index contributed by atoms with van der Waals surface area (Å²) in [5.74, 6) is -0.735. The first kappa shape index (κ1) is 19.6. The van der Waals surface area contributed by atoms with Gasteiger partial charge in [0.15, 0.2) is 6.10 Å². The van der Waals surface area contributed by atoms with E-state index < -0.39 is 12.1 Å². The summed E-state index contributed by atoms with van der Waals surface area (Å²) in [5, 5.41) is 0. The summed E-state index contributed by atoms with van der Waals surface area (Å²) in [5.41, 5.74) is 2.12. The predicted molar refractivity (Wildman–Crippen MR) is 106 cm³/mol. The Morgan fingerprint density at radius 3 is 2.39 bits per heavy atom. The predicted octanol–water partition coefficient (Wildman–Crippen LogP) is 3.02. The number of hydrogen-bond donors (Lipinski definition) is 0. The maximum atomic E-state index is 12.5. The molecule has 0 saturated carbocycles. The minimum atomic E-state index is -0.888. The van der Waals surface area contributed by atoms with Gasteiger partial charge in [0.05, 0.1) is 5.56 Å². The third kappa shape index (κ3) is 4.57. The standard InChI is InChI=1S/C22H24N2O4/c1-16(21(26)23(2)15-17-7-4-3-5-8-17)28-22(27)18-10-12-19(13-11-18)24-14-6-9-20(24)25/h3-5,7-8,10-13,16H,6,9,14-15H2,1-2H3/t16-/m1/s1. The van der Waals surface area contributed by atoms with Gasteiger partial charge in [-0.1, -0.05) is 30.3 Å². The normalized spacial score (nSPS) is 14.6. The van der Waals surface area contributed by atoms with Crippen LogP contribution >= 0.6 is 0 Å². The van der Waals surface area contributed by atoms with Crippen molar-refractivity contribution in [3.05, 3.63) is 65.7 Å². The van der Waals surface area contributed by atoms with Crippen molar-refractivity contribution in [2.24, 2.45) is 0 Å². The molecule has 1 heterocycles. The maximum Gasteiger partial charge on any atom is 0.338 e. The summed E-state index contributed by atoms with van der Waals surface area (Å²) >= 11 is 0. The van der Waals surface area contributed by atoms with Crippen molar-refractivity contribution in [3.8, 4) is 0 Å². The Labute approximate surface area is 164 Å². The molecule has 2 aromatic rings. The van der Waals surface area contributed by atoms with Crippen molar-refractivity contribution in [2.45, 2.75) is 32.4 Å². The van der Waals surface area contributed by atoms with E-state index in [2.05, 4.69) is 0 Å². The highest BCUT2D eigenvalue weighted by molar-refractivity contribution is 5.96. The van der Waals surface area contributed by atoms with Gasteiger partial charge in [0.2, 0.25) is 5.91 Å². The Balaban J connectivity index is 1.57. The Morgan fingerprint density at radius 2 is 1.79 bits per heavy atom. The van der Waals surface area contributed by atoms with Gasteiger partial charge in [-0.3, -0.25) is 9.59 Å². The van der Waals surface area contributed by atoms with Crippen LogP contribution in [0.1, 0.15) is 35.7 Å². The molecule has 0 N–H and O–H groups in total. The highest BCUT2D eigenvalue weighted by Crippen LogP contribution is 2.22. The lowest BCUT2D eigenvalue weighted by Gasteiger charge is -2.21. The molecule has 0 radical (unpaired) electrons. The van der Waals surface area contributed by atoms with E-state index in [1.165, 1.54) is 4.90 Å². The van der Waals surface area contributed by atoms with Crippen molar-refractivity contribution in [3.63, 3.8) is 0 Å². The van der Waals surface area contributed by atoms with Gasteiger partial charge in [-0.15, -0.1) is 0 Å². The first-order valence-electron chi connectivity index (χ1n) is 9.36. The van der Waals surface area contributed by atoms with E-state index >= 15 is 0 Å². The van der Waals surface area contributed by atoms with Crippen LogP contribution in [0.25, 0.3) is 0 Å². The van der Waals surface area contributed by atoms with Crippen molar-refractivity contribution in [2.75, 3.05) is 18.5 Å². The molecule has 1 aliphatic heterocycles. The van der Waals surface area contributed by atoms with Gasteiger partial charge >= 0.3 is 5.97 Å². The van der Waals surface area contributed by atoms with Crippen LogP contribution in [-0.4, -0.2) is 42.4 Å². The number of carbonyl (C=O) groups is 3. The average molecular weight is 380 g/mol. The number of carbonyl (C=O) groups excluding carboxylic acids is 3. The minimum absolute atomic E-state index is 0.0935. The van der Waals surface area contributed by atoms with E-state index in [1.54, 1.807) is 43.1 Å². The molecule has 1 aliphatic rings. The first-order valence-corrected chi connectivity index (χ1v) is 9.36. The minimum Gasteiger partial charge on any atom is -0.449 e. The maximum absolute atomic E-state index is 12.5. The lowest BCUT2D eigenvalue weighted by molar-refractivity contribution is -0.139. The fourth-order valence-electron chi connectivity index (χ4n) is 3.22. The van der Waals surface area contributed by atoms with Gasteiger partial charge in [0.1, 0.15) is 0 Å². The fraction of sp³-hybridized carbons (Fsp3) is 0.318. The van der Waals surface area contributed by atoms with Gasteiger partial charge in [0.25, 0.3) is 5.91 Å². The van der Waals surface area contributed by atoms with Gasteiger partial charge in [-0.05, 0) is 43.2 Å². The SMILES string of the molecule is C[C@@H](OC(=O)c1ccc(N2CCCC2=O)cc1)C(=O)N(C)Cc1ccccc1. The summed E-state index contributed by atoms with van der Waals surface area (Å²) in [6.45, 7) is 2.71. The van der Waals surface area contributed by atoms with Crippen LogP contribution in [0.2, 0.25) is 0 Å². The molecule has 6 nitrogen and oxygen atoms in total. The fourth-order valence-corrected chi connectivity index (χ4v) is 3.22. The molecule has 2 amide bonds. The number of esters is 1. The number of benzene rings is 2. The third-order valence-electron chi connectivity index (χ3n) is 4.76. The zero-order chi connectivity index (χ0) is 20.1. The van der Waals surface area contributed by atoms with Gasteiger partial charge in [-0.2, -0.15) is 0 Å². The van der Waals surface area contributed by atoms with Crippen LogP contribution in [0.15, 0.2) is 54.6 Å². The van der Waals surface area contributed by atoms with E-state index in [0.29, 0.717) is 25.1 Å². The average Bonchev–Trinajstić information content (AvgIpc) is 3.14. The van der Waals surface area contributed by atoms with Crippen LogP contribution < -0.4 is 4.90 Å². The number of amides is 2. The van der Waals surface area contributed by atoms with E-state index in [4.69, 9.17) is 4.74 Å². The second kappa shape index (κ2) is 8.69. The second-order valence-corrected chi connectivity index (χ2v) is 6.92.